The summed E-state index contributed by atoms with van der Waals surface area (Å²) >= 11 is 9.67. The smallest absolute Gasteiger partial charge is 0.346 e. The zero-order chi connectivity index (χ0) is 25.0. The minimum atomic E-state index is -0.912. The van der Waals surface area contributed by atoms with Crippen LogP contribution in [0.3, 0.4) is 0 Å². The van der Waals surface area contributed by atoms with Gasteiger partial charge < -0.3 is 14.2 Å². The van der Waals surface area contributed by atoms with Crippen molar-refractivity contribution in [2.45, 2.75) is 39.2 Å². The fourth-order valence-electron chi connectivity index (χ4n) is 3.25. The lowest BCUT2D eigenvalue weighted by Gasteiger charge is -2.18. The van der Waals surface area contributed by atoms with Crippen molar-refractivity contribution in [3.8, 4) is 11.5 Å². The molecule has 1 heterocycles. The number of ether oxygens (including phenoxy) is 3. The van der Waals surface area contributed by atoms with Gasteiger partial charge in [-0.15, -0.1) is 0 Å². The van der Waals surface area contributed by atoms with Gasteiger partial charge in [-0.1, -0.05) is 41.4 Å². The molecule has 10 heteroatoms. The number of hydrogen-bond donors (Lipinski definition) is 0. The van der Waals surface area contributed by atoms with Gasteiger partial charge in [-0.3, -0.25) is 4.79 Å². The minimum Gasteiger partial charge on any atom is -0.493 e. The third-order valence-electron chi connectivity index (χ3n) is 5.29. The minimum absolute atomic E-state index is 0.0261. The van der Waals surface area contributed by atoms with Crippen LogP contribution < -0.4 is 15.0 Å². The highest BCUT2D eigenvalue weighted by Crippen LogP contribution is 2.35. The van der Waals surface area contributed by atoms with E-state index >= 15 is 0 Å². The molecule has 0 N–H and O–H groups in total. The van der Waals surface area contributed by atoms with Gasteiger partial charge >= 0.3 is 5.97 Å². The molecule has 180 valence electrons. The summed E-state index contributed by atoms with van der Waals surface area (Å²) in [7, 11) is 2.73. The molecule has 0 bridgehead atoms. The summed E-state index contributed by atoms with van der Waals surface area (Å²) in [4.78, 5) is 30.0. The first-order chi connectivity index (χ1) is 16.2. The Balaban J connectivity index is 2.19. The number of carbonyl (C=O) groups is 1. The van der Waals surface area contributed by atoms with Gasteiger partial charge in [0.1, 0.15) is 5.82 Å². The maximum Gasteiger partial charge on any atom is 0.346 e. The number of nitrogens with zero attached hydrogens (tertiary/aromatic N) is 3. The summed E-state index contributed by atoms with van der Waals surface area (Å²) in [5.74, 6) is 0.488. The number of benzene rings is 2. The van der Waals surface area contributed by atoms with E-state index in [0.717, 1.165) is 10.9 Å². The fourth-order valence-corrected chi connectivity index (χ4v) is 3.83. The molecule has 34 heavy (non-hydrogen) atoms. The van der Waals surface area contributed by atoms with Crippen molar-refractivity contribution in [3.05, 3.63) is 61.6 Å². The predicted molar refractivity (Wildman–Crippen MR) is 136 cm³/mol. The molecule has 1 aromatic heterocycles. The number of halogens is 2. The molecule has 0 aliphatic rings. The van der Waals surface area contributed by atoms with Gasteiger partial charge in [0, 0.05) is 27.0 Å². The second-order valence-electron chi connectivity index (χ2n) is 7.61. The van der Waals surface area contributed by atoms with Crippen molar-refractivity contribution in [1.29, 1.82) is 0 Å². The first kappa shape index (κ1) is 25.7. The molecule has 0 radical (unpaired) electrons. The van der Waals surface area contributed by atoms with E-state index in [4.69, 9.17) is 30.8 Å². The highest BCUT2D eigenvalue weighted by molar-refractivity contribution is 9.10. The van der Waals surface area contributed by atoms with Crippen LogP contribution in [0.5, 0.6) is 11.5 Å². The van der Waals surface area contributed by atoms with Crippen molar-refractivity contribution >= 4 is 50.6 Å². The van der Waals surface area contributed by atoms with Gasteiger partial charge in [-0.25, -0.2) is 9.78 Å². The van der Waals surface area contributed by atoms with E-state index in [1.807, 2.05) is 19.9 Å². The van der Waals surface area contributed by atoms with E-state index in [-0.39, 0.29) is 17.2 Å². The van der Waals surface area contributed by atoms with E-state index < -0.39 is 12.1 Å². The van der Waals surface area contributed by atoms with E-state index in [2.05, 4.69) is 21.0 Å². The van der Waals surface area contributed by atoms with Gasteiger partial charge in [-0.05, 0) is 37.6 Å². The third-order valence-corrected chi connectivity index (χ3v) is 6.01. The molecule has 8 nitrogen and oxygen atoms in total. The van der Waals surface area contributed by atoms with Crippen LogP contribution in [0.1, 0.15) is 44.5 Å². The Bertz CT molecular complexity index is 1310. The molecular formula is C24H25BrClN3O5. The van der Waals surface area contributed by atoms with Gasteiger partial charge in [0.15, 0.2) is 17.6 Å². The van der Waals surface area contributed by atoms with Crippen LogP contribution in [0, 0.1) is 0 Å². The molecule has 2 atom stereocenters. The summed E-state index contributed by atoms with van der Waals surface area (Å²) in [6, 6.07) is 8.51. The lowest BCUT2D eigenvalue weighted by molar-refractivity contribution is -0.147. The average molecular weight is 551 g/mol. The fraction of sp³-hybridized carbons (Fsp3) is 0.333. The summed E-state index contributed by atoms with van der Waals surface area (Å²) in [6.07, 6.45) is 1.29. The first-order valence-corrected chi connectivity index (χ1v) is 11.8. The van der Waals surface area contributed by atoms with E-state index in [9.17, 15) is 9.59 Å². The number of methoxy groups -OCH3 is 2. The van der Waals surface area contributed by atoms with Crippen molar-refractivity contribution in [3.63, 3.8) is 0 Å². The van der Waals surface area contributed by atoms with Crippen molar-refractivity contribution < 1.29 is 19.0 Å². The Labute approximate surface area is 210 Å². The van der Waals surface area contributed by atoms with Crippen LogP contribution >= 0.6 is 27.5 Å². The average Bonchev–Trinajstić information content (AvgIpc) is 2.83. The topological polar surface area (TPSA) is 92.0 Å². The molecule has 0 spiro atoms. The first-order valence-electron chi connectivity index (χ1n) is 10.6. The zero-order valence-corrected chi connectivity index (χ0v) is 21.8. The zero-order valence-electron chi connectivity index (χ0n) is 19.5. The Morgan fingerprint density at radius 1 is 1.26 bits per heavy atom. The van der Waals surface area contributed by atoms with Gasteiger partial charge in [0.2, 0.25) is 0 Å². The van der Waals surface area contributed by atoms with Crippen molar-refractivity contribution in [2.75, 3.05) is 14.2 Å². The molecule has 2 aromatic carbocycles. The molecule has 0 amide bonds. The maximum absolute atomic E-state index is 13.4. The standard InChI is InChI=1S/C24H25BrClN3O5/c1-6-13(2)22-28-19-8-7-16(25)10-18(19)23(30)29(22)27-12-15-9-17(26)11-20(32-4)21(15)34-14(3)24(31)33-5/h7-14H,6H2,1-5H3/t13-,14-/m1/s1. The van der Waals surface area contributed by atoms with Gasteiger partial charge in [-0.2, -0.15) is 9.78 Å². The van der Waals surface area contributed by atoms with Crippen molar-refractivity contribution in [2.24, 2.45) is 5.10 Å². The number of carbonyl (C=O) groups excluding carboxylic acids is 1. The van der Waals surface area contributed by atoms with Crippen LogP contribution in [0.2, 0.25) is 5.02 Å². The lowest BCUT2D eigenvalue weighted by atomic mass is 10.1. The number of rotatable bonds is 8. The number of aromatic nitrogens is 2. The summed E-state index contributed by atoms with van der Waals surface area (Å²) < 4.78 is 18.0. The summed E-state index contributed by atoms with van der Waals surface area (Å²) in [5.41, 5.74) is 0.698. The monoisotopic (exact) mass is 549 g/mol. The molecule has 3 rings (SSSR count). The second kappa shape index (κ2) is 11.0. The van der Waals surface area contributed by atoms with E-state index in [0.29, 0.717) is 33.1 Å². The molecular weight excluding hydrogens is 526 g/mol. The maximum atomic E-state index is 13.4. The molecule has 0 unspecified atom stereocenters. The van der Waals surface area contributed by atoms with Crippen LogP contribution in [0.15, 0.2) is 44.7 Å². The van der Waals surface area contributed by atoms with E-state index in [1.165, 1.54) is 25.1 Å². The molecule has 0 fully saturated rings. The molecule has 0 saturated heterocycles. The van der Waals surface area contributed by atoms with Crippen LogP contribution in [0.4, 0.5) is 0 Å². The highest BCUT2D eigenvalue weighted by atomic mass is 79.9. The van der Waals surface area contributed by atoms with Crippen molar-refractivity contribution in [1.82, 2.24) is 9.66 Å². The number of hydrogen-bond acceptors (Lipinski definition) is 7. The summed E-state index contributed by atoms with van der Waals surface area (Å²) in [6.45, 7) is 5.55. The predicted octanol–water partition coefficient (Wildman–Crippen LogP) is 5.16. The lowest BCUT2D eigenvalue weighted by Crippen LogP contribution is -2.26. The molecule has 3 aromatic rings. The van der Waals surface area contributed by atoms with Gasteiger partial charge in [0.05, 0.1) is 31.3 Å². The Kier molecular flexibility index (Phi) is 8.33. The number of fused-ring (bicyclic) bond motifs is 1. The quantitative estimate of drug-likeness (QED) is 0.284. The number of esters is 1. The van der Waals surface area contributed by atoms with Crippen LogP contribution in [-0.2, 0) is 9.53 Å². The Hall–Kier alpha value is -2.91. The highest BCUT2D eigenvalue weighted by Gasteiger charge is 2.21. The normalized spacial score (nSPS) is 13.1. The Morgan fingerprint density at radius 2 is 2.00 bits per heavy atom. The van der Waals surface area contributed by atoms with E-state index in [1.54, 1.807) is 31.2 Å². The molecule has 0 aliphatic carbocycles. The molecule has 0 saturated carbocycles. The molecule has 0 aliphatic heterocycles. The Morgan fingerprint density at radius 3 is 2.65 bits per heavy atom. The van der Waals surface area contributed by atoms with Crippen LogP contribution in [-0.4, -0.2) is 42.2 Å². The van der Waals surface area contributed by atoms with Crippen LogP contribution in [0.25, 0.3) is 10.9 Å². The third kappa shape index (κ3) is 5.42. The largest absolute Gasteiger partial charge is 0.493 e. The van der Waals surface area contributed by atoms with Gasteiger partial charge in [0.25, 0.3) is 5.56 Å². The second-order valence-corrected chi connectivity index (χ2v) is 8.96. The summed E-state index contributed by atoms with van der Waals surface area (Å²) in [5, 5.41) is 5.26. The SMILES string of the molecule is CC[C@@H](C)c1nc2ccc(Br)cc2c(=O)n1N=Cc1cc(Cl)cc(OC)c1O[C@H](C)C(=O)OC.